The van der Waals surface area contributed by atoms with Gasteiger partial charge in [0.15, 0.2) is 5.17 Å². The van der Waals surface area contributed by atoms with Crippen molar-refractivity contribution in [2.45, 2.75) is 44.1 Å². The fourth-order valence-corrected chi connectivity index (χ4v) is 3.38. The molecule has 0 aromatic heterocycles. The summed E-state index contributed by atoms with van der Waals surface area (Å²) in [7, 11) is 0. The van der Waals surface area contributed by atoms with Gasteiger partial charge in [0.25, 0.3) is 0 Å². The monoisotopic (exact) mass is 294 g/mol. The molecule has 0 spiro atoms. The van der Waals surface area contributed by atoms with Crippen LogP contribution in [-0.2, 0) is 0 Å². The summed E-state index contributed by atoms with van der Waals surface area (Å²) < 4.78 is 0. The summed E-state index contributed by atoms with van der Waals surface area (Å²) in [4.78, 5) is 4.48. The second-order valence-corrected chi connectivity index (χ2v) is 5.80. The van der Waals surface area contributed by atoms with E-state index in [1.807, 2.05) is 18.7 Å². The summed E-state index contributed by atoms with van der Waals surface area (Å²) in [5, 5.41) is 15.1. The topological polar surface area (TPSA) is 44.6 Å². The van der Waals surface area contributed by atoms with E-state index in [-0.39, 0.29) is 6.10 Å². The maximum Gasteiger partial charge on any atom is 0.157 e. The molecule has 3 atom stereocenters. The molecule has 2 N–H and O–H groups in total. The van der Waals surface area contributed by atoms with E-state index in [1.54, 1.807) is 0 Å². The average molecular weight is 295 g/mol. The molecule has 0 radical (unpaired) electrons. The number of hydrogen-bond acceptors (Lipinski definition) is 3. The minimum Gasteiger partial charge on any atom is -0.393 e. The molecule has 88 valence electrons. The van der Waals surface area contributed by atoms with E-state index in [1.165, 1.54) is 0 Å². The van der Waals surface area contributed by atoms with Crippen molar-refractivity contribution in [2.75, 3.05) is 11.9 Å². The highest BCUT2D eigenvalue weighted by Gasteiger charge is 2.26. The van der Waals surface area contributed by atoms with Crippen LogP contribution >= 0.6 is 27.7 Å². The Morgan fingerprint density at radius 3 is 2.93 bits per heavy atom. The van der Waals surface area contributed by atoms with Crippen molar-refractivity contribution >= 4 is 32.9 Å². The number of halogens is 1. The zero-order valence-corrected chi connectivity index (χ0v) is 11.6. The molecule has 3 unspecified atom stereocenters. The number of aliphatic imine (C=N–C) groups is 1. The van der Waals surface area contributed by atoms with Crippen LogP contribution in [0.1, 0.15) is 26.7 Å². The average Bonchev–Trinajstić information content (AvgIpc) is 2.53. The lowest BCUT2D eigenvalue weighted by Crippen LogP contribution is -2.28. The van der Waals surface area contributed by atoms with E-state index in [2.05, 4.69) is 33.2 Å². The normalized spacial score (nSPS) is 30.5. The lowest BCUT2D eigenvalue weighted by molar-refractivity contribution is 0.182. The highest BCUT2D eigenvalue weighted by Crippen LogP contribution is 2.24. The summed E-state index contributed by atoms with van der Waals surface area (Å²) in [6.45, 7) is 4.80. The van der Waals surface area contributed by atoms with Gasteiger partial charge in [-0.05, 0) is 26.7 Å². The zero-order valence-electron chi connectivity index (χ0n) is 9.24. The van der Waals surface area contributed by atoms with Crippen LogP contribution in [0.4, 0.5) is 0 Å². The van der Waals surface area contributed by atoms with Crippen molar-refractivity contribution in [1.82, 2.24) is 5.32 Å². The minimum absolute atomic E-state index is 0.205. The Morgan fingerprint density at radius 2 is 2.40 bits per heavy atom. The Balaban J connectivity index is 2.24. The summed E-state index contributed by atoms with van der Waals surface area (Å²) in [5.41, 5.74) is 0. The number of alkyl halides is 1. The summed E-state index contributed by atoms with van der Waals surface area (Å²) in [5.74, 6) is 0. The van der Waals surface area contributed by atoms with Gasteiger partial charge in [0.05, 0.1) is 6.10 Å². The fraction of sp³-hybridized carbons (Fsp3) is 0.900. The van der Waals surface area contributed by atoms with Crippen molar-refractivity contribution in [2.24, 2.45) is 4.99 Å². The van der Waals surface area contributed by atoms with Crippen molar-refractivity contribution in [3.63, 3.8) is 0 Å². The Hall–Kier alpha value is 0.260. The molecule has 3 nitrogen and oxygen atoms in total. The molecule has 0 saturated carbocycles. The SMILES string of the molecule is CC(O)CCCN=C1NC(C)C(CBr)S1. The van der Waals surface area contributed by atoms with Crippen molar-refractivity contribution in [1.29, 1.82) is 0 Å². The van der Waals surface area contributed by atoms with E-state index in [4.69, 9.17) is 5.11 Å². The molecule has 0 bridgehead atoms. The van der Waals surface area contributed by atoms with Crippen LogP contribution in [0.3, 0.4) is 0 Å². The molecule has 0 aromatic rings. The van der Waals surface area contributed by atoms with Crippen LogP contribution in [-0.4, -0.2) is 39.5 Å². The third kappa shape index (κ3) is 4.74. The van der Waals surface area contributed by atoms with E-state index < -0.39 is 0 Å². The van der Waals surface area contributed by atoms with Crippen LogP contribution in [0.15, 0.2) is 4.99 Å². The number of rotatable bonds is 5. The predicted molar refractivity (Wildman–Crippen MR) is 71.0 cm³/mol. The van der Waals surface area contributed by atoms with Crippen LogP contribution in [0.25, 0.3) is 0 Å². The number of nitrogens with zero attached hydrogens (tertiary/aromatic N) is 1. The Bertz CT molecular complexity index is 223. The van der Waals surface area contributed by atoms with Gasteiger partial charge in [0.2, 0.25) is 0 Å². The second kappa shape index (κ2) is 6.76. The van der Waals surface area contributed by atoms with Crippen molar-refractivity contribution in [3.8, 4) is 0 Å². The molecule has 1 aliphatic heterocycles. The van der Waals surface area contributed by atoms with E-state index in [9.17, 15) is 0 Å². The molecule has 0 aliphatic carbocycles. The molecular formula is C10H19BrN2OS. The highest BCUT2D eigenvalue weighted by molar-refractivity contribution is 9.09. The first-order valence-corrected chi connectivity index (χ1v) is 7.35. The van der Waals surface area contributed by atoms with Gasteiger partial charge in [0, 0.05) is 23.2 Å². The zero-order chi connectivity index (χ0) is 11.3. The molecule has 1 aliphatic rings. The Kier molecular flexibility index (Phi) is 6.00. The quantitative estimate of drug-likeness (QED) is 0.602. The van der Waals surface area contributed by atoms with Crippen LogP contribution < -0.4 is 5.32 Å². The number of aliphatic hydroxyl groups is 1. The number of aliphatic hydroxyl groups excluding tert-OH is 1. The second-order valence-electron chi connectivity index (χ2n) is 3.92. The van der Waals surface area contributed by atoms with Gasteiger partial charge in [-0.2, -0.15) is 0 Å². The van der Waals surface area contributed by atoms with Gasteiger partial charge in [-0.1, -0.05) is 27.7 Å². The maximum absolute atomic E-state index is 9.09. The van der Waals surface area contributed by atoms with Crippen LogP contribution in [0.2, 0.25) is 0 Å². The lowest BCUT2D eigenvalue weighted by Gasteiger charge is -2.07. The third-order valence-corrected chi connectivity index (χ3v) is 4.83. The summed E-state index contributed by atoms with van der Waals surface area (Å²) in [6, 6.07) is 0.491. The van der Waals surface area contributed by atoms with Gasteiger partial charge < -0.3 is 10.4 Å². The Morgan fingerprint density at radius 1 is 1.67 bits per heavy atom. The largest absolute Gasteiger partial charge is 0.393 e. The van der Waals surface area contributed by atoms with Gasteiger partial charge in [-0.3, -0.25) is 4.99 Å². The molecule has 1 saturated heterocycles. The van der Waals surface area contributed by atoms with Gasteiger partial charge in [0.1, 0.15) is 0 Å². The lowest BCUT2D eigenvalue weighted by atomic mass is 10.2. The smallest absolute Gasteiger partial charge is 0.157 e. The molecule has 1 heterocycles. The first-order chi connectivity index (χ1) is 7.13. The standard InChI is InChI=1S/C10H19BrN2OS/c1-7(14)4-3-5-12-10-13-8(2)9(6-11)15-10/h7-9,14H,3-6H2,1-2H3,(H,12,13). The molecule has 15 heavy (non-hydrogen) atoms. The molecule has 1 fully saturated rings. The minimum atomic E-state index is -0.205. The molecule has 5 heteroatoms. The number of amidine groups is 1. The highest BCUT2D eigenvalue weighted by atomic mass is 79.9. The van der Waals surface area contributed by atoms with E-state index in [0.717, 1.165) is 29.9 Å². The van der Waals surface area contributed by atoms with Gasteiger partial charge in [-0.25, -0.2) is 0 Å². The number of thioether (sulfide) groups is 1. The number of nitrogens with one attached hydrogen (secondary N) is 1. The summed E-state index contributed by atoms with van der Waals surface area (Å²) in [6.07, 6.45) is 1.58. The van der Waals surface area contributed by atoms with Crippen LogP contribution in [0, 0.1) is 0 Å². The predicted octanol–water partition coefficient (Wildman–Crippen LogP) is 1.99. The van der Waals surface area contributed by atoms with E-state index >= 15 is 0 Å². The van der Waals surface area contributed by atoms with E-state index in [0.29, 0.717) is 11.3 Å². The molecular weight excluding hydrogens is 276 g/mol. The maximum atomic E-state index is 9.09. The Labute approximate surface area is 104 Å². The van der Waals surface area contributed by atoms with Crippen molar-refractivity contribution in [3.05, 3.63) is 0 Å². The third-order valence-electron chi connectivity index (χ3n) is 2.36. The number of hydrogen-bond donors (Lipinski definition) is 2. The molecule has 1 rings (SSSR count). The first kappa shape index (κ1) is 13.3. The van der Waals surface area contributed by atoms with Gasteiger partial charge >= 0.3 is 0 Å². The molecule has 0 amide bonds. The summed E-state index contributed by atoms with van der Waals surface area (Å²) >= 11 is 5.30. The first-order valence-electron chi connectivity index (χ1n) is 5.35. The fourth-order valence-electron chi connectivity index (χ4n) is 1.38. The molecule has 0 aromatic carbocycles. The van der Waals surface area contributed by atoms with Crippen LogP contribution in [0.5, 0.6) is 0 Å². The van der Waals surface area contributed by atoms with Gasteiger partial charge in [-0.15, -0.1) is 0 Å². The van der Waals surface area contributed by atoms with Crippen molar-refractivity contribution < 1.29 is 5.11 Å².